The average Bonchev–Trinajstić information content (AvgIpc) is 2.42. The van der Waals surface area contributed by atoms with E-state index in [1.54, 1.807) is 0 Å². The summed E-state index contributed by atoms with van der Waals surface area (Å²) in [6.07, 6.45) is 3.54. The summed E-state index contributed by atoms with van der Waals surface area (Å²) >= 11 is 0. The Morgan fingerprint density at radius 2 is 1.85 bits per heavy atom. The van der Waals surface area contributed by atoms with E-state index in [1.807, 2.05) is 44.2 Å². The van der Waals surface area contributed by atoms with Crippen LogP contribution in [0.4, 0.5) is 0 Å². The fraction of sp³-hybridized carbons (Fsp3) is 0.529. The summed E-state index contributed by atoms with van der Waals surface area (Å²) in [5, 5.41) is 9.21. The van der Waals surface area contributed by atoms with Crippen LogP contribution in [0.3, 0.4) is 0 Å². The highest BCUT2D eigenvalue weighted by atomic mass is 16.4. The number of carbonyl (C=O) groups is 2. The number of hydrogen-bond donors (Lipinski definition) is 1. The first-order valence-electron chi connectivity index (χ1n) is 7.25. The van der Waals surface area contributed by atoms with Crippen LogP contribution in [0.2, 0.25) is 0 Å². The predicted molar refractivity (Wildman–Crippen MR) is 79.5 cm³/mol. The highest BCUT2D eigenvalue weighted by Crippen LogP contribution is 2.21. The van der Waals surface area contributed by atoms with E-state index < -0.39 is 5.97 Å². The second-order valence-electron chi connectivity index (χ2n) is 5.83. The van der Waals surface area contributed by atoms with E-state index in [4.69, 9.17) is 0 Å². The number of carboxylic acid groups (broad SMARTS) is 1. The van der Waals surface area contributed by atoms with Gasteiger partial charge in [0, 0.05) is 5.92 Å². The lowest BCUT2D eigenvalue weighted by Crippen LogP contribution is -2.18. The minimum absolute atomic E-state index is 0.0913. The number of rotatable bonds is 9. The lowest BCUT2D eigenvalue weighted by atomic mass is 9.88. The molecule has 0 saturated carbocycles. The summed E-state index contributed by atoms with van der Waals surface area (Å²) in [5.41, 5.74) is 1.13. The van der Waals surface area contributed by atoms with Gasteiger partial charge in [-0.05, 0) is 37.2 Å². The molecule has 0 aliphatic heterocycles. The molecule has 1 aromatic carbocycles. The van der Waals surface area contributed by atoms with Crippen molar-refractivity contribution in [1.82, 2.24) is 0 Å². The molecule has 0 aliphatic rings. The maximum Gasteiger partial charge on any atom is 0.306 e. The van der Waals surface area contributed by atoms with Gasteiger partial charge >= 0.3 is 5.97 Å². The monoisotopic (exact) mass is 276 g/mol. The number of aliphatic carboxylic acids is 1. The van der Waals surface area contributed by atoms with Gasteiger partial charge < -0.3 is 9.90 Å². The molecule has 0 radical (unpaired) electrons. The van der Waals surface area contributed by atoms with Crippen molar-refractivity contribution in [3.8, 4) is 0 Å². The van der Waals surface area contributed by atoms with Crippen LogP contribution in [0, 0.1) is 17.8 Å². The van der Waals surface area contributed by atoms with Gasteiger partial charge in [0.15, 0.2) is 0 Å². The Bertz CT molecular complexity index is 412. The van der Waals surface area contributed by atoms with Gasteiger partial charge in [0.05, 0.1) is 5.92 Å². The van der Waals surface area contributed by atoms with Crippen LogP contribution >= 0.6 is 0 Å². The molecule has 2 atom stereocenters. The summed E-state index contributed by atoms with van der Waals surface area (Å²) in [6.45, 7) is 4.05. The Kier molecular flexibility index (Phi) is 6.99. The molecule has 2 unspecified atom stereocenters. The number of benzene rings is 1. The van der Waals surface area contributed by atoms with Crippen molar-refractivity contribution < 1.29 is 14.7 Å². The van der Waals surface area contributed by atoms with Gasteiger partial charge in [-0.2, -0.15) is 0 Å². The zero-order chi connectivity index (χ0) is 15.0. The van der Waals surface area contributed by atoms with Crippen molar-refractivity contribution in [2.24, 2.45) is 17.8 Å². The summed E-state index contributed by atoms with van der Waals surface area (Å²) in [5.74, 6) is -0.817. The van der Waals surface area contributed by atoms with Gasteiger partial charge in [0.1, 0.15) is 6.29 Å². The molecule has 0 fully saturated rings. The highest BCUT2D eigenvalue weighted by molar-refractivity contribution is 5.70. The van der Waals surface area contributed by atoms with Crippen LogP contribution in [0.1, 0.15) is 38.7 Å². The quantitative estimate of drug-likeness (QED) is 0.701. The minimum Gasteiger partial charge on any atom is -0.481 e. The molecule has 0 heterocycles. The van der Waals surface area contributed by atoms with Gasteiger partial charge in [-0.15, -0.1) is 0 Å². The van der Waals surface area contributed by atoms with Gasteiger partial charge in [0.25, 0.3) is 0 Å². The zero-order valence-corrected chi connectivity index (χ0v) is 12.3. The molecule has 1 N–H and O–H groups in total. The molecule has 0 aromatic heterocycles. The molecule has 1 rings (SSSR count). The van der Waals surface area contributed by atoms with Crippen LogP contribution < -0.4 is 0 Å². The summed E-state index contributed by atoms with van der Waals surface area (Å²) in [6, 6.07) is 9.85. The standard InChI is InChI=1S/C17H24O3/c1-13(2)10-16(17(19)20)9-8-15(12-18)11-14-6-4-3-5-7-14/h3-7,12-13,15-16H,8-11H2,1-2H3,(H,19,20). The Morgan fingerprint density at radius 3 is 2.35 bits per heavy atom. The zero-order valence-electron chi connectivity index (χ0n) is 12.3. The van der Waals surface area contributed by atoms with Gasteiger partial charge in [-0.3, -0.25) is 4.79 Å². The number of aldehydes is 1. The van der Waals surface area contributed by atoms with Crippen LogP contribution in [-0.2, 0) is 16.0 Å². The Hall–Kier alpha value is -1.64. The van der Waals surface area contributed by atoms with E-state index in [-0.39, 0.29) is 11.8 Å². The molecular weight excluding hydrogens is 252 g/mol. The lowest BCUT2D eigenvalue weighted by molar-refractivity contribution is -0.142. The van der Waals surface area contributed by atoms with Crippen LogP contribution in [-0.4, -0.2) is 17.4 Å². The predicted octanol–water partition coefficient (Wildman–Crippen LogP) is 3.57. The van der Waals surface area contributed by atoms with Crippen LogP contribution in [0.25, 0.3) is 0 Å². The maximum absolute atomic E-state index is 11.2. The third-order valence-electron chi connectivity index (χ3n) is 3.52. The van der Waals surface area contributed by atoms with Crippen LogP contribution in [0.5, 0.6) is 0 Å². The van der Waals surface area contributed by atoms with E-state index in [9.17, 15) is 14.7 Å². The molecule has 0 amide bonds. The first-order valence-corrected chi connectivity index (χ1v) is 7.25. The maximum atomic E-state index is 11.2. The molecule has 0 aliphatic carbocycles. The highest BCUT2D eigenvalue weighted by Gasteiger charge is 2.20. The fourth-order valence-corrected chi connectivity index (χ4v) is 2.46. The first-order chi connectivity index (χ1) is 9.52. The molecule has 20 heavy (non-hydrogen) atoms. The Balaban J connectivity index is 2.51. The van der Waals surface area contributed by atoms with E-state index in [0.717, 1.165) is 11.8 Å². The van der Waals surface area contributed by atoms with E-state index in [1.165, 1.54) is 0 Å². The van der Waals surface area contributed by atoms with E-state index in [0.29, 0.717) is 31.6 Å². The second kappa shape index (κ2) is 8.51. The average molecular weight is 276 g/mol. The smallest absolute Gasteiger partial charge is 0.306 e. The van der Waals surface area contributed by atoms with Gasteiger partial charge in [-0.25, -0.2) is 0 Å². The fourth-order valence-electron chi connectivity index (χ4n) is 2.46. The Morgan fingerprint density at radius 1 is 1.20 bits per heavy atom. The van der Waals surface area contributed by atoms with Crippen LogP contribution in [0.15, 0.2) is 30.3 Å². The topological polar surface area (TPSA) is 54.4 Å². The molecule has 3 nitrogen and oxygen atoms in total. The van der Waals surface area contributed by atoms with Crippen molar-refractivity contribution in [2.75, 3.05) is 0 Å². The van der Waals surface area contributed by atoms with Crippen molar-refractivity contribution >= 4 is 12.3 Å². The number of hydrogen-bond acceptors (Lipinski definition) is 2. The van der Waals surface area contributed by atoms with E-state index in [2.05, 4.69) is 0 Å². The largest absolute Gasteiger partial charge is 0.481 e. The van der Waals surface area contributed by atoms with E-state index >= 15 is 0 Å². The Labute approximate surface area is 121 Å². The molecular formula is C17H24O3. The SMILES string of the molecule is CC(C)CC(CCC(C=O)Cc1ccccc1)C(=O)O. The van der Waals surface area contributed by atoms with Crippen molar-refractivity contribution in [3.63, 3.8) is 0 Å². The number of carboxylic acids is 1. The molecule has 110 valence electrons. The number of carbonyl (C=O) groups excluding carboxylic acids is 1. The third-order valence-corrected chi connectivity index (χ3v) is 3.52. The molecule has 0 spiro atoms. The molecule has 3 heteroatoms. The summed E-state index contributed by atoms with van der Waals surface area (Å²) in [7, 11) is 0. The second-order valence-corrected chi connectivity index (χ2v) is 5.83. The first kappa shape index (κ1) is 16.4. The van der Waals surface area contributed by atoms with Crippen molar-refractivity contribution in [1.29, 1.82) is 0 Å². The van der Waals surface area contributed by atoms with Crippen molar-refractivity contribution in [2.45, 2.75) is 39.5 Å². The van der Waals surface area contributed by atoms with Gasteiger partial charge in [-0.1, -0.05) is 44.2 Å². The van der Waals surface area contributed by atoms with Gasteiger partial charge in [0.2, 0.25) is 0 Å². The third kappa shape index (κ3) is 6.00. The molecule has 0 bridgehead atoms. The summed E-state index contributed by atoms with van der Waals surface area (Å²) < 4.78 is 0. The molecule has 0 saturated heterocycles. The lowest BCUT2D eigenvalue weighted by Gasteiger charge is -2.17. The normalized spacial score (nSPS) is 13.9. The minimum atomic E-state index is -0.747. The summed E-state index contributed by atoms with van der Waals surface area (Å²) in [4.78, 5) is 22.4. The molecule has 1 aromatic rings. The van der Waals surface area contributed by atoms with Crippen molar-refractivity contribution in [3.05, 3.63) is 35.9 Å².